The summed E-state index contributed by atoms with van der Waals surface area (Å²) in [5.41, 5.74) is 9.97. The van der Waals surface area contributed by atoms with Gasteiger partial charge in [-0.25, -0.2) is 0 Å². The molecule has 0 fully saturated rings. The lowest BCUT2D eigenvalue weighted by Gasteiger charge is -2.03. The summed E-state index contributed by atoms with van der Waals surface area (Å²) < 4.78 is 0. The molecule has 1 heterocycles. The number of benzene rings is 1. The smallest absolute Gasteiger partial charge is 0.0375 e. The van der Waals surface area contributed by atoms with Gasteiger partial charge in [0.15, 0.2) is 0 Å². The molecule has 2 rings (SSSR count). The van der Waals surface area contributed by atoms with Crippen molar-refractivity contribution in [3.63, 3.8) is 0 Å². The van der Waals surface area contributed by atoms with E-state index in [4.69, 9.17) is 5.73 Å². The van der Waals surface area contributed by atoms with E-state index in [0.717, 1.165) is 6.42 Å². The number of rotatable bonds is 3. The van der Waals surface area contributed by atoms with E-state index in [1.807, 2.05) is 18.3 Å². The Bertz CT molecular complexity index is 511. The molecule has 0 spiro atoms. The van der Waals surface area contributed by atoms with E-state index in [1.165, 1.54) is 26.4 Å². The summed E-state index contributed by atoms with van der Waals surface area (Å²) in [6, 6.07) is 11.1. The van der Waals surface area contributed by atoms with Crippen molar-refractivity contribution in [3.05, 3.63) is 46.3 Å². The monoisotopic (exact) mass is 245 g/mol. The van der Waals surface area contributed by atoms with Gasteiger partial charge in [0, 0.05) is 15.8 Å². The van der Waals surface area contributed by atoms with Crippen LogP contribution in [0.1, 0.15) is 35.9 Å². The minimum absolute atomic E-state index is 0.127. The standard InChI is InChI=1S/C15H19NS/c1-4-12-6-5-7-13(9-12)15-10(2)8-14(17-15)11(3)16/h5-9,11H,4,16H2,1-3H3. The van der Waals surface area contributed by atoms with Crippen molar-refractivity contribution in [2.45, 2.75) is 33.2 Å². The fraction of sp³-hybridized carbons (Fsp3) is 0.333. The van der Waals surface area contributed by atoms with Crippen LogP contribution in [0.3, 0.4) is 0 Å². The highest BCUT2D eigenvalue weighted by molar-refractivity contribution is 7.15. The summed E-state index contributed by atoms with van der Waals surface area (Å²) in [6.07, 6.45) is 1.08. The van der Waals surface area contributed by atoms with E-state index in [9.17, 15) is 0 Å². The van der Waals surface area contributed by atoms with Crippen molar-refractivity contribution in [2.75, 3.05) is 0 Å². The van der Waals surface area contributed by atoms with Crippen LogP contribution in [-0.4, -0.2) is 0 Å². The van der Waals surface area contributed by atoms with Gasteiger partial charge in [0.05, 0.1) is 0 Å². The Morgan fingerprint density at radius 2 is 2.06 bits per heavy atom. The number of aryl methyl sites for hydroxylation is 2. The molecule has 2 heteroatoms. The summed E-state index contributed by atoms with van der Waals surface area (Å²) in [7, 11) is 0. The molecule has 0 aliphatic carbocycles. The van der Waals surface area contributed by atoms with Crippen molar-refractivity contribution in [1.82, 2.24) is 0 Å². The second kappa shape index (κ2) is 5.03. The first-order valence-corrected chi connectivity index (χ1v) is 6.88. The number of hydrogen-bond donors (Lipinski definition) is 1. The lowest BCUT2D eigenvalue weighted by molar-refractivity contribution is 0.838. The van der Waals surface area contributed by atoms with E-state index in [2.05, 4.69) is 44.2 Å². The zero-order valence-corrected chi connectivity index (χ0v) is 11.5. The highest BCUT2D eigenvalue weighted by Crippen LogP contribution is 2.34. The second-order valence-corrected chi connectivity index (χ2v) is 5.59. The summed E-state index contributed by atoms with van der Waals surface area (Å²) in [4.78, 5) is 2.62. The van der Waals surface area contributed by atoms with Crippen LogP contribution >= 0.6 is 11.3 Å². The van der Waals surface area contributed by atoms with E-state index in [-0.39, 0.29) is 6.04 Å². The average molecular weight is 245 g/mol. The summed E-state index contributed by atoms with van der Waals surface area (Å²) in [5, 5.41) is 0. The van der Waals surface area contributed by atoms with Crippen LogP contribution in [-0.2, 0) is 6.42 Å². The van der Waals surface area contributed by atoms with Gasteiger partial charge >= 0.3 is 0 Å². The molecule has 1 unspecified atom stereocenters. The average Bonchev–Trinajstić information content (AvgIpc) is 2.72. The molecular formula is C15H19NS. The first-order valence-electron chi connectivity index (χ1n) is 6.07. The van der Waals surface area contributed by atoms with Crippen LogP contribution in [0.2, 0.25) is 0 Å². The Labute approximate surface area is 107 Å². The van der Waals surface area contributed by atoms with Gasteiger partial charge in [0.25, 0.3) is 0 Å². The van der Waals surface area contributed by atoms with E-state index < -0.39 is 0 Å². The molecule has 90 valence electrons. The molecule has 2 aromatic rings. The Hall–Kier alpha value is -1.12. The topological polar surface area (TPSA) is 26.0 Å². The molecule has 1 atom stereocenters. The third-order valence-corrected chi connectivity index (χ3v) is 4.47. The van der Waals surface area contributed by atoms with Crippen molar-refractivity contribution in [2.24, 2.45) is 5.73 Å². The summed E-state index contributed by atoms with van der Waals surface area (Å²) in [5.74, 6) is 0. The molecule has 0 aliphatic heterocycles. The zero-order chi connectivity index (χ0) is 12.4. The SMILES string of the molecule is CCc1cccc(-c2sc(C(C)N)cc2C)c1. The highest BCUT2D eigenvalue weighted by Gasteiger charge is 2.10. The highest BCUT2D eigenvalue weighted by atomic mass is 32.1. The number of thiophene rings is 1. The van der Waals surface area contributed by atoms with Gasteiger partial charge in [-0.1, -0.05) is 31.2 Å². The summed E-state index contributed by atoms with van der Waals surface area (Å²) >= 11 is 1.81. The molecule has 0 saturated heterocycles. The maximum Gasteiger partial charge on any atom is 0.0375 e. The molecular weight excluding hydrogens is 226 g/mol. The van der Waals surface area contributed by atoms with Gasteiger partial charge in [0.2, 0.25) is 0 Å². The number of nitrogens with two attached hydrogens (primary N) is 1. The van der Waals surface area contributed by atoms with Crippen LogP contribution in [0.25, 0.3) is 10.4 Å². The molecule has 0 amide bonds. The Morgan fingerprint density at radius 1 is 1.29 bits per heavy atom. The lowest BCUT2D eigenvalue weighted by atomic mass is 10.1. The molecule has 17 heavy (non-hydrogen) atoms. The normalized spacial score (nSPS) is 12.7. The molecule has 1 aromatic carbocycles. The van der Waals surface area contributed by atoms with Gasteiger partial charge in [0.1, 0.15) is 0 Å². The molecule has 0 radical (unpaired) electrons. The molecule has 0 aliphatic rings. The zero-order valence-electron chi connectivity index (χ0n) is 10.7. The third-order valence-electron chi connectivity index (χ3n) is 2.98. The lowest BCUT2D eigenvalue weighted by Crippen LogP contribution is -2.01. The maximum absolute atomic E-state index is 5.94. The van der Waals surface area contributed by atoms with Crippen LogP contribution in [0.5, 0.6) is 0 Å². The van der Waals surface area contributed by atoms with Crippen molar-refractivity contribution in [1.29, 1.82) is 0 Å². The Kier molecular flexibility index (Phi) is 3.65. The largest absolute Gasteiger partial charge is 0.324 e. The predicted molar refractivity (Wildman–Crippen MR) is 76.5 cm³/mol. The quantitative estimate of drug-likeness (QED) is 0.857. The maximum atomic E-state index is 5.94. The molecule has 0 bridgehead atoms. The van der Waals surface area contributed by atoms with E-state index in [0.29, 0.717) is 0 Å². The fourth-order valence-corrected chi connectivity index (χ4v) is 3.07. The van der Waals surface area contributed by atoms with Crippen LogP contribution in [0.15, 0.2) is 30.3 Å². The van der Waals surface area contributed by atoms with Gasteiger partial charge in [-0.15, -0.1) is 11.3 Å². The third kappa shape index (κ3) is 2.59. The van der Waals surface area contributed by atoms with Gasteiger partial charge in [-0.3, -0.25) is 0 Å². The molecule has 0 saturated carbocycles. The molecule has 2 N–H and O–H groups in total. The van der Waals surface area contributed by atoms with Crippen LogP contribution in [0, 0.1) is 6.92 Å². The van der Waals surface area contributed by atoms with E-state index >= 15 is 0 Å². The van der Waals surface area contributed by atoms with Crippen molar-refractivity contribution >= 4 is 11.3 Å². The van der Waals surface area contributed by atoms with Gasteiger partial charge in [-0.2, -0.15) is 0 Å². The fourth-order valence-electron chi connectivity index (χ4n) is 1.95. The Morgan fingerprint density at radius 3 is 2.65 bits per heavy atom. The van der Waals surface area contributed by atoms with Crippen molar-refractivity contribution in [3.8, 4) is 10.4 Å². The minimum atomic E-state index is 0.127. The second-order valence-electron chi connectivity index (χ2n) is 4.50. The van der Waals surface area contributed by atoms with Gasteiger partial charge in [-0.05, 0) is 43.0 Å². The first-order chi connectivity index (χ1) is 8.11. The minimum Gasteiger partial charge on any atom is -0.324 e. The van der Waals surface area contributed by atoms with Crippen LogP contribution < -0.4 is 5.73 Å². The summed E-state index contributed by atoms with van der Waals surface area (Å²) in [6.45, 7) is 6.39. The predicted octanol–water partition coefficient (Wildman–Crippen LogP) is 4.31. The first kappa shape index (κ1) is 12.3. The van der Waals surface area contributed by atoms with Crippen LogP contribution in [0.4, 0.5) is 0 Å². The molecule has 1 aromatic heterocycles. The van der Waals surface area contributed by atoms with E-state index in [1.54, 1.807) is 0 Å². The van der Waals surface area contributed by atoms with Gasteiger partial charge < -0.3 is 5.73 Å². The Balaban J connectivity index is 2.45. The number of hydrogen-bond acceptors (Lipinski definition) is 2. The van der Waals surface area contributed by atoms with Crippen molar-refractivity contribution < 1.29 is 0 Å². The molecule has 1 nitrogen and oxygen atoms in total.